The van der Waals surface area contributed by atoms with Crippen molar-refractivity contribution in [2.75, 3.05) is 11.1 Å². The lowest BCUT2D eigenvalue weighted by Crippen LogP contribution is -2.08. The number of fused-ring (bicyclic) bond motifs is 1. The number of amides is 1. The summed E-state index contributed by atoms with van der Waals surface area (Å²) < 4.78 is 1.94. The largest absolute Gasteiger partial charge is 0.325 e. The molecule has 1 aromatic heterocycles. The second-order valence-electron chi connectivity index (χ2n) is 5.84. The highest BCUT2D eigenvalue weighted by Gasteiger charge is 2.27. The third-order valence-electron chi connectivity index (χ3n) is 3.92. The molecule has 0 saturated heterocycles. The van der Waals surface area contributed by atoms with Crippen molar-refractivity contribution in [3.05, 3.63) is 35.7 Å². The quantitative estimate of drug-likeness (QED) is 0.674. The predicted octanol–water partition coefficient (Wildman–Crippen LogP) is 2.89. The van der Waals surface area contributed by atoms with Crippen LogP contribution in [0.4, 0.5) is 5.69 Å². The Morgan fingerprint density at radius 3 is 2.96 bits per heavy atom. The number of anilines is 1. The lowest BCUT2D eigenvalue weighted by atomic mass is 9.99. The number of ketones is 1. The van der Waals surface area contributed by atoms with Crippen LogP contribution < -0.4 is 5.32 Å². The van der Waals surface area contributed by atoms with E-state index in [1.54, 1.807) is 18.5 Å². The minimum atomic E-state index is -0.213. The van der Waals surface area contributed by atoms with Gasteiger partial charge in [0.05, 0.1) is 11.7 Å². The highest BCUT2D eigenvalue weighted by Crippen LogP contribution is 2.33. The zero-order chi connectivity index (χ0) is 16.6. The first kappa shape index (κ1) is 15.7. The Bertz CT molecular complexity index is 769. The summed E-state index contributed by atoms with van der Waals surface area (Å²) in [5.41, 5.74) is 2.30. The maximum Gasteiger partial charge on any atom is 0.231 e. The molecule has 7 heteroatoms. The number of thioether (sulfide) groups is 1. The monoisotopic (exact) mass is 330 g/mol. The number of benzene rings is 1. The molecule has 0 spiro atoms. The molecule has 1 aromatic carbocycles. The van der Waals surface area contributed by atoms with Crippen molar-refractivity contribution in [1.82, 2.24) is 14.8 Å². The molecule has 1 aliphatic rings. The predicted molar refractivity (Wildman–Crippen MR) is 88.9 cm³/mol. The third kappa shape index (κ3) is 3.01. The van der Waals surface area contributed by atoms with Gasteiger partial charge in [-0.25, -0.2) is 0 Å². The van der Waals surface area contributed by atoms with Gasteiger partial charge in [0.1, 0.15) is 6.33 Å². The highest BCUT2D eigenvalue weighted by molar-refractivity contribution is 7.99. The van der Waals surface area contributed by atoms with Crippen molar-refractivity contribution in [2.45, 2.75) is 37.9 Å². The standard InChI is InChI=1S/C16H18N4O2S/c1-9(2)20-8-17-19-16(20)23-7-14(21)11-4-5-13-12(6-11)10(3)15(22)18-13/h4-6,8-10H,7H2,1-3H3,(H,18,22)/t10-/m1/s1. The second kappa shape index (κ2) is 6.16. The van der Waals surface area contributed by atoms with E-state index in [4.69, 9.17) is 0 Å². The van der Waals surface area contributed by atoms with Gasteiger partial charge in [0.2, 0.25) is 5.91 Å². The summed E-state index contributed by atoms with van der Waals surface area (Å²) in [5, 5.41) is 11.5. The van der Waals surface area contributed by atoms with Gasteiger partial charge < -0.3 is 9.88 Å². The van der Waals surface area contributed by atoms with Gasteiger partial charge in [0, 0.05) is 17.3 Å². The van der Waals surface area contributed by atoms with Gasteiger partial charge in [-0.3, -0.25) is 9.59 Å². The summed E-state index contributed by atoms with van der Waals surface area (Å²) in [6.45, 7) is 5.93. The molecule has 120 valence electrons. The zero-order valence-corrected chi connectivity index (χ0v) is 14.1. The molecule has 0 fully saturated rings. The van der Waals surface area contributed by atoms with E-state index in [9.17, 15) is 9.59 Å². The Kier molecular flexibility index (Phi) is 4.21. The Morgan fingerprint density at radius 2 is 2.22 bits per heavy atom. The molecular formula is C16H18N4O2S. The number of hydrogen-bond acceptors (Lipinski definition) is 5. The topological polar surface area (TPSA) is 76.9 Å². The number of nitrogens with one attached hydrogen (secondary N) is 1. The number of aromatic nitrogens is 3. The molecule has 1 amide bonds. The molecule has 0 radical (unpaired) electrons. The van der Waals surface area contributed by atoms with Crippen LogP contribution in [0.3, 0.4) is 0 Å². The van der Waals surface area contributed by atoms with E-state index in [1.807, 2.05) is 31.4 Å². The minimum absolute atomic E-state index is 0.0163. The third-order valence-corrected chi connectivity index (χ3v) is 4.88. The van der Waals surface area contributed by atoms with Crippen molar-refractivity contribution < 1.29 is 9.59 Å². The van der Waals surface area contributed by atoms with Crippen LogP contribution in [0, 0.1) is 0 Å². The Balaban J connectivity index is 1.72. The highest BCUT2D eigenvalue weighted by atomic mass is 32.2. The summed E-state index contributed by atoms with van der Waals surface area (Å²) in [7, 11) is 0. The first-order valence-electron chi connectivity index (χ1n) is 7.47. The number of hydrogen-bond donors (Lipinski definition) is 1. The van der Waals surface area contributed by atoms with Crippen LogP contribution >= 0.6 is 11.8 Å². The zero-order valence-electron chi connectivity index (χ0n) is 13.2. The van der Waals surface area contributed by atoms with Crippen LogP contribution in [0.5, 0.6) is 0 Å². The molecule has 1 atom stereocenters. The summed E-state index contributed by atoms with van der Waals surface area (Å²) in [4.78, 5) is 24.1. The van der Waals surface area contributed by atoms with Crippen LogP contribution in [-0.2, 0) is 4.79 Å². The number of nitrogens with zero attached hydrogens (tertiary/aromatic N) is 3. The molecule has 1 N–H and O–H groups in total. The first-order valence-corrected chi connectivity index (χ1v) is 8.46. The Morgan fingerprint density at radius 1 is 1.43 bits per heavy atom. The van der Waals surface area contributed by atoms with E-state index in [0.29, 0.717) is 11.3 Å². The molecule has 1 aliphatic heterocycles. The smallest absolute Gasteiger partial charge is 0.231 e. The SMILES string of the molecule is CC(C)n1cnnc1SCC(=O)c1ccc2c(c1)[C@@H](C)C(=O)N2. The summed E-state index contributed by atoms with van der Waals surface area (Å²) in [6.07, 6.45) is 1.67. The normalized spacial score (nSPS) is 16.5. The van der Waals surface area contributed by atoms with Gasteiger partial charge >= 0.3 is 0 Å². The molecule has 6 nitrogen and oxygen atoms in total. The summed E-state index contributed by atoms with van der Waals surface area (Å²) >= 11 is 1.38. The fourth-order valence-corrected chi connectivity index (χ4v) is 3.43. The molecule has 0 saturated carbocycles. The number of rotatable bonds is 5. The summed E-state index contributed by atoms with van der Waals surface area (Å²) in [6, 6.07) is 5.62. The van der Waals surface area contributed by atoms with Gasteiger partial charge in [-0.1, -0.05) is 11.8 Å². The van der Waals surface area contributed by atoms with E-state index in [1.165, 1.54) is 11.8 Å². The van der Waals surface area contributed by atoms with E-state index < -0.39 is 0 Å². The number of carbonyl (C=O) groups is 2. The van der Waals surface area contributed by atoms with E-state index in [2.05, 4.69) is 15.5 Å². The lowest BCUT2D eigenvalue weighted by molar-refractivity contribution is -0.116. The van der Waals surface area contributed by atoms with Gasteiger partial charge in [0.15, 0.2) is 10.9 Å². The maximum atomic E-state index is 12.4. The van der Waals surface area contributed by atoms with Crippen LogP contribution in [0.15, 0.2) is 29.7 Å². The van der Waals surface area contributed by atoms with Gasteiger partial charge in [0.25, 0.3) is 0 Å². The van der Waals surface area contributed by atoms with E-state index in [-0.39, 0.29) is 23.7 Å². The van der Waals surface area contributed by atoms with Crippen molar-refractivity contribution in [3.8, 4) is 0 Å². The average Bonchev–Trinajstić information content (AvgIpc) is 3.10. The molecule has 3 rings (SSSR count). The molecular weight excluding hydrogens is 312 g/mol. The molecule has 2 aromatic rings. The lowest BCUT2D eigenvalue weighted by Gasteiger charge is -2.09. The average molecular weight is 330 g/mol. The van der Waals surface area contributed by atoms with Crippen LogP contribution in [0.1, 0.15) is 48.7 Å². The first-order chi connectivity index (χ1) is 11.0. The van der Waals surface area contributed by atoms with Crippen molar-refractivity contribution >= 4 is 29.1 Å². The van der Waals surface area contributed by atoms with Crippen LogP contribution in [0.2, 0.25) is 0 Å². The van der Waals surface area contributed by atoms with Crippen molar-refractivity contribution in [2.24, 2.45) is 0 Å². The van der Waals surface area contributed by atoms with E-state index in [0.717, 1.165) is 16.4 Å². The molecule has 0 bridgehead atoms. The van der Waals surface area contributed by atoms with Crippen molar-refractivity contribution in [1.29, 1.82) is 0 Å². The Labute approximate surface area is 138 Å². The number of carbonyl (C=O) groups excluding carboxylic acids is 2. The molecule has 2 heterocycles. The minimum Gasteiger partial charge on any atom is -0.325 e. The Hall–Kier alpha value is -2.15. The second-order valence-corrected chi connectivity index (χ2v) is 6.78. The van der Waals surface area contributed by atoms with Gasteiger partial charge in [-0.2, -0.15) is 0 Å². The van der Waals surface area contributed by atoms with Crippen LogP contribution in [0.25, 0.3) is 0 Å². The summed E-state index contributed by atoms with van der Waals surface area (Å²) in [5.74, 6) is 0.0704. The molecule has 0 aliphatic carbocycles. The fourth-order valence-electron chi connectivity index (χ4n) is 2.49. The maximum absolute atomic E-state index is 12.4. The van der Waals surface area contributed by atoms with Gasteiger partial charge in [-0.05, 0) is 44.5 Å². The van der Waals surface area contributed by atoms with E-state index >= 15 is 0 Å². The molecule has 23 heavy (non-hydrogen) atoms. The number of Topliss-reactive ketones (excluding diaryl/α,β-unsaturated/α-hetero) is 1. The van der Waals surface area contributed by atoms with Crippen LogP contribution in [-0.4, -0.2) is 32.2 Å². The fraction of sp³-hybridized carbons (Fsp3) is 0.375. The van der Waals surface area contributed by atoms with Gasteiger partial charge in [-0.15, -0.1) is 10.2 Å². The molecule has 0 unspecified atom stereocenters. The van der Waals surface area contributed by atoms with Crippen molar-refractivity contribution in [3.63, 3.8) is 0 Å².